The van der Waals surface area contributed by atoms with Gasteiger partial charge in [-0.05, 0) is 24.9 Å². The molecule has 6 heteroatoms. The van der Waals surface area contributed by atoms with Crippen LogP contribution in [0.25, 0.3) is 0 Å². The monoisotopic (exact) mass is 292 g/mol. The number of carbonyl (C=O) groups is 1. The molecule has 0 bridgehead atoms. The summed E-state index contributed by atoms with van der Waals surface area (Å²) < 4.78 is 0. The van der Waals surface area contributed by atoms with E-state index in [-0.39, 0.29) is 5.69 Å². The Morgan fingerprint density at radius 1 is 1.43 bits per heavy atom. The van der Waals surface area contributed by atoms with Gasteiger partial charge in [0.25, 0.3) is 5.69 Å². The zero-order valence-corrected chi connectivity index (χ0v) is 12.1. The fraction of sp³-hybridized carbons (Fsp3) is 0.533. The lowest BCUT2D eigenvalue weighted by Gasteiger charge is -2.24. The largest absolute Gasteiger partial charge is 0.481 e. The van der Waals surface area contributed by atoms with Crippen LogP contribution in [-0.4, -0.2) is 34.0 Å². The van der Waals surface area contributed by atoms with Crippen LogP contribution in [0, 0.1) is 15.5 Å². The summed E-state index contributed by atoms with van der Waals surface area (Å²) in [5.41, 5.74) is 0.416. The van der Waals surface area contributed by atoms with Gasteiger partial charge in [0.1, 0.15) is 0 Å². The van der Waals surface area contributed by atoms with Crippen molar-refractivity contribution in [2.45, 2.75) is 32.7 Å². The average Bonchev–Trinajstić information content (AvgIpc) is 2.84. The number of carboxylic acids is 1. The first-order valence-electron chi connectivity index (χ1n) is 7.16. The second-order valence-electron chi connectivity index (χ2n) is 5.72. The second kappa shape index (κ2) is 6.22. The summed E-state index contributed by atoms with van der Waals surface area (Å²) in [5, 5.41) is 20.1. The van der Waals surface area contributed by atoms with E-state index in [0.29, 0.717) is 25.9 Å². The minimum absolute atomic E-state index is 0.0750. The van der Waals surface area contributed by atoms with Gasteiger partial charge in [0.15, 0.2) is 0 Å². The molecule has 1 N–H and O–H groups in total. The standard InChI is InChI=1S/C15H20N2O4/c1-2-7-15(14(18)19)8-9-16(11-15)10-12-3-5-13(6-4-12)17(20)21/h3-6H,2,7-11H2,1H3,(H,18,19). The molecule has 114 valence electrons. The number of likely N-dealkylation sites (tertiary alicyclic amines) is 1. The molecule has 6 nitrogen and oxygen atoms in total. The number of benzene rings is 1. The van der Waals surface area contributed by atoms with Gasteiger partial charge in [-0.15, -0.1) is 0 Å². The number of hydrogen-bond acceptors (Lipinski definition) is 4. The van der Waals surface area contributed by atoms with Crippen molar-refractivity contribution in [3.8, 4) is 0 Å². The van der Waals surface area contributed by atoms with Crippen LogP contribution in [0.5, 0.6) is 0 Å². The highest BCUT2D eigenvalue weighted by Gasteiger charge is 2.43. The molecule has 0 aromatic heterocycles. The molecule has 0 spiro atoms. The van der Waals surface area contributed by atoms with Gasteiger partial charge in [0.05, 0.1) is 10.3 Å². The third-order valence-electron chi connectivity index (χ3n) is 4.17. The predicted molar refractivity (Wildman–Crippen MR) is 78.0 cm³/mol. The minimum Gasteiger partial charge on any atom is -0.481 e. The van der Waals surface area contributed by atoms with Gasteiger partial charge in [-0.1, -0.05) is 25.5 Å². The molecule has 1 fully saturated rings. The van der Waals surface area contributed by atoms with Gasteiger partial charge in [0, 0.05) is 25.2 Å². The van der Waals surface area contributed by atoms with Crippen molar-refractivity contribution in [1.29, 1.82) is 0 Å². The summed E-state index contributed by atoms with van der Waals surface area (Å²) in [6.07, 6.45) is 2.22. The Kier molecular flexibility index (Phi) is 4.57. The number of carboxylic acid groups (broad SMARTS) is 1. The van der Waals surface area contributed by atoms with E-state index in [1.807, 2.05) is 6.92 Å². The van der Waals surface area contributed by atoms with Crippen LogP contribution in [0.4, 0.5) is 5.69 Å². The van der Waals surface area contributed by atoms with E-state index in [2.05, 4.69) is 4.90 Å². The molecule has 1 aliphatic heterocycles. The molecule has 1 aliphatic rings. The van der Waals surface area contributed by atoms with Crippen molar-refractivity contribution < 1.29 is 14.8 Å². The maximum atomic E-state index is 11.5. The van der Waals surface area contributed by atoms with E-state index in [0.717, 1.165) is 18.5 Å². The lowest BCUT2D eigenvalue weighted by Crippen LogP contribution is -2.34. The van der Waals surface area contributed by atoms with Crippen LogP contribution >= 0.6 is 0 Å². The molecule has 1 aromatic rings. The molecule has 21 heavy (non-hydrogen) atoms. The zero-order chi connectivity index (χ0) is 15.5. The Balaban J connectivity index is 2.01. The molecule has 1 atom stereocenters. The molecule has 1 heterocycles. The van der Waals surface area contributed by atoms with Gasteiger partial charge < -0.3 is 5.11 Å². The van der Waals surface area contributed by atoms with Gasteiger partial charge in [-0.3, -0.25) is 19.8 Å². The summed E-state index contributed by atoms with van der Waals surface area (Å²) in [6, 6.07) is 6.45. The Labute approximate surface area is 123 Å². The van der Waals surface area contributed by atoms with Crippen molar-refractivity contribution in [2.75, 3.05) is 13.1 Å². The van der Waals surface area contributed by atoms with Crippen molar-refractivity contribution in [2.24, 2.45) is 5.41 Å². The topological polar surface area (TPSA) is 83.7 Å². The molecular weight excluding hydrogens is 272 g/mol. The summed E-state index contributed by atoms with van der Waals surface area (Å²) in [5.74, 6) is -0.712. The molecule has 1 aromatic carbocycles. The van der Waals surface area contributed by atoms with Crippen LogP contribution in [0.15, 0.2) is 24.3 Å². The first-order valence-corrected chi connectivity index (χ1v) is 7.16. The molecule has 1 unspecified atom stereocenters. The highest BCUT2D eigenvalue weighted by atomic mass is 16.6. The first-order chi connectivity index (χ1) is 9.97. The maximum absolute atomic E-state index is 11.5. The fourth-order valence-corrected chi connectivity index (χ4v) is 3.04. The third-order valence-corrected chi connectivity index (χ3v) is 4.17. The molecule has 0 amide bonds. The first kappa shape index (κ1) is 15.4. The summed E-state index contributed by atoms with van der Waals surface area (Å²) in [6.45, 7) is 3.94. The van der Waals surface area contributed by atoms with E-state index in [9.17, 15) is 20.0 Å². The Morgan fingerprint density at radius 2 is 2.10 bits per heavy atom. The number of hydrogen-bond donors (Lipinski definition) is 1. The smallest absolute Gasteiger partial charge is 0.310 e. The van der Waals surface area contributed by atoms with Crippen LogP contribution in [-0.2, 0) is 11.3 Å². The fourth-order valence-electron chi connectivity index (χ4n) is 3.04. The number of aliphatic carboxylic acids is 1. The molecular formula is C15H20N2O4. The van der Waals surface area contributed by atoms with Crippen molar-refractivity contribution in [3.05, 3.63) is 39.9 Å². The number of nitro groups is 1. The number of non-ortho nitro benzene ring substituents is 1. The number of nitro benzene ring substituents is 1. The number of rotatable bonds is 6. The molecule has 0 saturated carbocycles. The van der Waals surface area contributed by atoms with Crippen molar-refractivity contribution >= 4 is 11.7 Å². The summed E-state index contributed by atoms with van der Waals surface area (Å²) >= 11 is 0. The Morgan fingerprint density at radius 3 is 2.62 bits per heavy atom. The molecule has 0 radical (unpaired) electrons. The van der Waals surface area contributed by atoms with E-state index < -0.39 is 16.3 Å². The van der Waals surface area contributed by atoms with Crippen LogP contribution in [0.3, 0.4) is 0 Å². The highest BCUT2D eigenvalue weighted by molar-refractivity contribution is 5.75. The molecule has 0 aliphatic carbocycles. The van der Waals surface area contributed by atoms with E-state index in [1.54, 1.807) is 12.1 Å². The Bertz CT molecular complexity index is 529. The minimum atomic E-state index is -0.712. The lowest BCUT2D eigenvalue weighted by molar-refractivity contribution is -0.384. The van der Waals surface area contributed by atoms with E-state index in [4.69, 9.17) is 0 Å². The highest BCUT2D eigenvalue weighted by Crippen LogP contribution is 2.36. The summed E-state index contributed by atoms with van der Waals surface area (Å²) in [7, 11) is 0. The van der Waals surface area contributed by atoms with Crippen LogP contribution in [0.1, 0.15) is 31.7 Å². The SMILES string of the molecule is CCCC1(C(=O)O)CCN(Cc2ccc([N+](=O)[O-])cc2)C1. The third kappa shape index (κ3) is 3.39. The second-order valence-corrected chi connectivity index (χ2v) is 5.72. The van der Waals surface area contributed by atoms with E-state index >= 15 is 0 Å². The molecule has 1 saturated heterocycles. The Hall–Kier alpha value is -1.95. The van der Waals surface area contributed by atoms with Gasteiger partial charge in [-0.2, -0.15) is 0 Å². The van der Waals surface area contributed by atoms with E-state index in [1.165, 1.54) is 12.1 Å². The van der Waals surface area contributed by atoms with Gasteiger partial charge in [-0.25, -0.2) is 0 Å². The quantitative estimate of drug-likeness (QED) is 0.643. The maximum Gasteiger partial charge on any atom is 0.310 e. The number of nitrogens with zero attached hydrogens (tertiary/aromatic N) is 2. The van der Waals surface area contributed by atoms with Crippen molar-refractivity contribution in [1.82, 2.24) is 4.90 Å². The molecule has 2 rings (SSSR count). The lowest BCUT2D eigenvalue weighted by atomic mass is 9.83. The van der Waals surface area contributed by atoms with Gasteiger partial charge in [0.2, 0.25) is 0 Å². The predicted octanol–water partition coefficient (Wildman–Crippen LogP) is 2.67. The van der Waals surface area contributed by atoms with Crippen LogP contribution in [0.2, 0.25) is 0 Å². The van der Waals surface area contributed by atoms with Crippen LogP contribution < -0.4 is 0 Å². The van der Waals surface area contributed by atoms with Crippen molar-refractivity contribution in [3.63, 3.8) is 0 Å². The normalized spacial score (nSPS) is 22.3. The zero-order valence-electron chi connectivity index (χ0n) is 12.1. The van der Waals surface area contributed by atoms with Gasteiger partial charge >= 0.3 is 5.97 Å². The average molecular weight is 292 g/mol. The summed E-state index contributed by atoms with van der Waals surface area (Å²) in [4.78, 5) is 23.8.